The van der Waals surface area contributed by atoms with Crippen LogP contribution in [0, 0.1) is 5.92 Å². The smallest absolute Gasteiger partial charge is 0.417 e. The van der Waals surface area contributed by atoms with Crippen LogP contribution in [-0.4, -0.2) is 57.8 Å². The van der Waals surface area contributed by atoms with E-state index in [0.717, 1.165) is 24.7 Å². The molecule has 0 bridgehead atoms. The van der Waals surface area contributed by atoms with Crippen molar-refractivity contribution in [2.24, 2.45) is 5.92 Å². The Labute approximate surface area is 230 Å². The second-order valence-corrected chi connectivity index (χ2v) is 10.7. The molecule has 39 heavy (non-hydrogen) atoms. The van der Waals surface area contributed by atoms with Crippen molar-refractivity contribution in [2.75, 3.05) is 6.61 Å². The number of ketones is 2. The first-order chi connectivity index (χ1) is 18.4. The summed E-state index contributed by atoms with van der Waals surface area (Å²) in [6.07, 6.45) is 2.04. The number of benzene rings is 1. The summed E-state index contributed by atoms with van der Waals surface area (Å²) < 4.78 is 10.8. The molecule has 1 aliphatic heterocycles. The average molecular weight is 544 g/mol. The summed E-state index contributed by atoms with van der Waals surface area (Å²) in [5.74, 6) is -2.95. The monoisotopic (exact) mass is 543 g/mol. The van der Waals surface area contributed by atoms with Crippen molar-refractivity contribution in [3.05, 3.63) is 47.2 Å². The van der Waals surface area contributed by atoms with Crippen molar-refractivity contribution in [1.82, 2.24) is 4.90 Å². The SMILES string of the molecule is CC(=O)OC(C(=O)CCC(=O)CCCCCCO)=C(Cc1ccccc1)C(=O)N1C(=O)OC(C)(C)C1C(C)C. The average Bonchev–Trinajstić information content (AvgIpc) is 3.12. The number of hydrogen-bond donors (Lipinski definition) is 1. The number of ether oxygens (including phenoxy) is 2. The number of Topliss-reactive ketones (excluding diaryl/α,β-unsaturated/α-hetero) is 2. The molecule has 9 nitrogen and oxygen atoms in total. The minimum Gasteiger partial charge on any atom is -0.441 e. The van der Waals surface area contributed by atoms with Gasteiger partial charge >= 0.3 is 12.1 Å². The number of aliphatic hydroxyl groups excluding tert-OH is 1. The molecule has 0 spiro atoms. The molecule has 9 heteroatoms. The standard InChI is InChI=1S/C30H41NO8/c1-20(2)27-30(4,5)39-29(37)31(27)28(36)24(19-22-13-9-8-10-14-22)26(38-21(3)33)25(35)17-16-23(34)15-11-6-7-12-18-32/h8-10,13-14,20,27,32H,6-7,11-12,15-19H2,1-5H3. The highest BCUT2D eigenvalue weighted by atomic mass is 16.6. The maximum Gasteiger partial charge on any atom is 0.417 e. The molecule has 0 radical (unpaired) electrons. The van der Waals surface area contributed by atoms with Crippen molar-refractivity contribution >= 4 is 29.5 Å². The number of nitrogens with zero attached hydrogens (tertiary/aromatic N) is 1. The van der Waals surface area contributed by atoms with E-state index in [1.54, 1.807) is 44.2 Å². The molecule has 1 heterocycles. The molecular formula is C30H41NO8. The van der Waals surface area contributed by atoms with E-state index >= 15 is 0 Å². The zero-order chi connectivity index (χ0) is 29.2. The lowest BCUT2D eigenvalue weighted by Gasteiger charge is -2.31. The first kappa shape index (κ1) is 31.9. The van der Waals surface area contributed by atoms with E-state index in [0.29, 0.717) is 24.8 Å². The number of carbonyl (C=O) groups excluding carboxylic acids is 5. The Bertz CT molecular complexity index is 1070. The van der Waals surface area contributed by atoms with Crippen LogP contribution in [0.25, 0.3) is 0 Å². The molecule has 1 aromatic rings. The third kappa shape index (κ3) is 9.13. The Hall–Kier alpha value is -3.33. The highest BCUT2D eigenvalue weighted by molar-refractivity contribution is 6.10. The summed E-state index contributed by atoms with van der Waals surface area (Å²) in [4.78, 5) is 65.7. The van der Waals surface area contributed by atoms with Crippen LogP contribution in [0.5, 0.6) is 0 Å². The molecule has 1 saturated heterocycles. The molecule has 214 valence electrons. The van der Waals surface area contributed by atoms with Crippen molar-refractivity contribution in [3.8, 4) is 0 Å². The number of amides is 2. The number of imide groups is 1. The Morgan fingerprint density at radius 1 is 1.00 bits per heavy atom. The van der Waals surface area contributed by atoms with Gasteiger partial charge in [0.25, 0.3) is 5.91 Å². The third-order valence-electron chi connectivity index (χ3n) is 6.64. The van der Waals surface area contributed by atoms with Crippen LogP contribution < -0.4 is 0 Å². The van der Waals surface area contributed by atoms with Gasteiger partial charge in [0.2, 0.25) is 0 Å². The Kier molecular flexibility index (Phi) is 12.0. The summed E-state index contributed by atoms with van der Waals surface area (Å²) in [5.41, 5.74) is -0.433. The molecule has 2 amide bonds. The summed E-state index contributed by atoms with van der Waals surface area (Å²) in [6, 6.07) is 8.25. The largest absolute Gasteiger partial charge is 0.441 e. The summed E-state index contributed by atoms with van der Waals surface area (Å²) in [5, 5.41) is 8.87. The number of aliphatic hydroxyl groups is 1. The van der Waals surface area contributed by atoms with Gasteiger partial charge in [0.15, 0.2) is 11.5 Å². The van der Waals surface area contributed by atoms with Gasteiger partial charge < -0.3 is 14.6 Å². The lowest BCUT2D eigenvalue weighted by molar-refractivity contribution is -0.140. The summed E-state index contributed by atoms with van der Waals surface area (Å²) >= 11 is 0. The van der Waals surface area contributed by atoms with E-state index in [4.69, 9.17) is 14.6 Å². The van der Waals surface area contributed by atoms with Gasteiger partial charge in [-0.25, -0.2) is 9.69 Å². The van der Waals surface area contributed by atoms with Crippen molar-refractivity contribution in [3.63, 3.8) is 0 Å². The van der Waals surface area contributed by atoms with Crippen molar-refractivity contribution in [1.29, 1.82) is 0 Å². The Morgan fingerprint density at radius 2 is 1.64 bits per heavy atom. The minimum absolute atomic E-state index is 0.0657. The minimum atomic E-state index is -0.964. The highest BCUT2D eigenvalue weighted by Gasteiger charge is 2.52. The Morgan fingerprint density at radius 3 is 2.23 bits per heavy atom. The summed E-state index contributed by atoms with van der Waals surface area (Å²) in [6.45, 7) is 8.40. The number of cyclic esters (lactones) is 1. The molecule has 0 aromatic heterocycles. The van der Waals surface area contributed by atoms with E-state index in [1.807, 2.05) is 13.8 Å². The second kappa shape index (κ2) is 14.7. The highest BCUT2D eigenvalue weighted by Crippen LogP contribution is 2.36. The fourth-order valence-electron chi connectivity index (χ4n) is 4.98. The molecule has 2 rings (SSSR count). The third-order valence-corrected chi connectivity index (χ3v) is 6.64. The van der Waals surface area contributed by atoms with Crippen LogP contribution >= 0.6 is 0 Å². The van der Waals surface area contributed by atoms with Crippen LogP contribution in [-0.2, 0) is 35.1 Å². The van der Waals surface area contributed by atoms with Gasteiger partial charge in [-0.3, -0.25) is 19.2 Å². The predicted molar refractivity (Wildman–Crippen MR) is 144 cm³/mol. The van der Waals surface area contributed by atoms with Gasteiger partial charge in [0.1, 0.15) is 11.4 Å². The van der Waals surface area contributed by atoms with Gasteiger partial charge in [-0.2, -0.15) is 0 Å². The van der Waals surface area contributed by atoms with E-state index in [2.05, 4.69) is 0 Å². The van der Waals surface area contributed by atoms with Gasteiger partial charge in [-0.15, -0.1) is 0 Å². The van der Waals surface area contributed by atoms with E-state index < -0.39 is 41.2 Å². The lowest BCUT2D eigenvalue weighted by atomic mass is 9.88. The molecular weight excluding hydrogens is 502 g/mol. The fraction of sp³-hybridized carbons (Fsp3) is 0.567. The normalized spacial score (nSPS) is 17.1. The maximum absolute atomic E-state index is 14.0. The molecule has 1 atom stereocenters. The lowest BCUT2D eigenvalue weighted by Crippen LogP contribution is -2.49. The van der Waals surface area contributed by atoms with E-state index in [-0.39, 0.29) is 43.1 Å². The van der Waals surface area contributed by atoms with Crippen molar-refractivity contribution in [2.45, 2.75) is 97.6 Å². The summed E-state index contributed by atoms with van der Waals surface area (Å²) in [7, 11) is 0. The number of unbranched alkanes of at least 4 members (excludes halogenated alkanes) is 3. The van der Waals surface area contributed by atoms with Crippen LogP contribution in [0.4, 0.5) is 4.79 Å². The number of rotatable bonds is 15. The molecule has 0 aliphatic carbocycles. The van der Waals surface area contributed by atoms with Crippen LogP contribution in [0.3, 0.4) is 0 Å². The molecule has 1 aliphatic rings. The molecule has 1 aromatic carbocycles. The van der Waals surface area contributed by atoms with Crippen LogP contribution in [0.2, 0.25) is 0 Å². The maximum atomic E-state index is 14.0. The number of hydrogen-bond acceptors (Lipinski definition) is 8. The first-order valence-corrected chi connectivity index (χ1v) is 13.6. The molecule has 1 unspecified atom stereocenters. The van der Waals surface area contributed by atoms with Gasteiger partial charge in [0.05, 0.1) is 11.6 Å². The van der Waals surface area contributed by atoms with E-state index in [9.17, 15) is 24.0 Å². The molecule has 0 saturated carbocycles. The van der Waals surface area contributed by atoms with E-state index in [1.165, 1.54) is 0 Å². The predicted octanol–water partition coefficient (Wildman–Crippen LogP) is 4.69. The second-order valence-electron chi connectivity index (χ2n) is 10.7. The number of carbonyl (C=O) groups is 5. The van der Waals surface area contributed by atoms with Crippen LogP contribution in [0.1, 0.15) is 85.1 Å². The van der Waals surface area contributed by atoms with Gasteiger partial charge in [0, 0.05) is 39.2 Å². The zero-order valence-corrected chi connectivity index (χ0v) is 23.7. The topological polar surface area (TPSA) is 127 Å². The molecule has 1 N–H and O–H groups in total. The van der Waals surface area contributed by atoms with Gasteiger partial charge in [-0.05, 0) is 38.2 Å². The molecule has 1 fully saturated rings. The zero-order valence-electron chi connectivity index (χ0n) is 23.7. The van der Waals surface area contributed by atoms with Gasteiger partial charge in [-0.1, -0.05) is 57.0 Å². The number of allylic oxidation sites excluding steroid dienone is 1. The Balaban J connectivity index is 2.42. The quantitative estimate of drug-likeness (QED) is 0.146. The van der Waals surface area contributed by atoms with Crippen molar-refractivity contribution < 1.29 is 38.6 Å². The fourth-order valence-corrected chi connectivity index (χ4v) is 4.98. The number of esters is 1. The first-order valence-electron chi connectivity index (χ1n) is 13.6. The van der Waals surface area contributed by atoms with Crippen LogP contribution in [0.15, 0.2) is 41.7 Å².